The van der Waals surface area contributed by atoms with Gasteiger partial charge in [-0.2, -0.15) is 0 Å². The molecule has 24 heavy (non-hydrogen) atoms. The zero-order valence-corrected chi connectivity index (χ0v) is 15.5. The molecule has 0 aliphatic rings. The van der Waals surface area contributed by atoms with Gasteiger partial charge in [0.1, 0.15) is 0 Å². The topological polar surface area (TPSA) is 89.5 Å². The summed E-state index contributed by atoms with van der Waals surface area (Å²) in [6, 6.07) is 0. The van der Waals surface area contributed by atoms with E-state index in [2.05, 4.69) is 0 Å². The Kier molecular flexibility index (Phi) is 10.8. The summed E-state index contributed by atoms with van der Waals surface area (Å²) < 4.78 is 30.7. The van der Waals surface area contributed by atoms with E-state index in [-0.39, 0.29) is 12.8 Å². The van der Waals surface area contributed by atoms with Crippen LogP contribution in [-0.4, -0.2) is 52.3 Å². The van der Waals surface area contributed by atoms with Crippen LogP contribution in [0.25, 0.3) is 0 Å². The maximum Gasteiger partial charge on any atom is 0.328 e. The Bertz CT molecular complexity index is 322. The van der Waals surface area contributed by atoms with Gasteiger partial charge in [0.25, 0.3) is 0 Å². The SMILES string of the molecule is CCC(OC)(OC)OC(=O)CCCCC(=O)OC(CC)(OC)OC. The van der Waals surface area contributed by atoms with Gasteiger partial charge in [-0.3, -0.25) is 9.59 Å². The molecule has 0 atom stereocenters. The zero-order chi connectivity index (χ0) is 18.6. The quantitative estimate of drug-likeness (QED) is 0.284. The van der Waals surface area contributed by atoms with Crippen LogP contribution >= 0.6 is 0 Å². The van der Waals surface area contributed by atoms with E-state index in [4.69, 9.17) is 28.4 Å². The Balaban J connectivity index is 4.17. The third kappa shape index (κ3) is 7.12. The Morgan fingerprint density at radius 1 is 0.667 bits per heavy atom. The maximum absolute atomic E-state index is 11.8. The van der Waals surface area contributed by atoms with Gasteiger partial charge in [-0.05, 0) is 12.8 Å². The largest absolute Gasteiger partial charge is 0.408 e. The normalized spacial score (nSPS) is 12.1. The summed E-state index contributed by atoms with van der Waals surface area (Å²) in [6.45, 7) is 3.56. The number of methoxy groups -OCH3 is 4. The van der Waals surface area contributed by atoms with Crippen molar-refractivity contribution >= 4 is 11.9 Å². The number of ether oxygens (including phenoxy) is 6. The van der Waals surface area contributed by atoms with Crippen molar-refractivity contribution in [1.29, 1.82) is 0 Å². The van der Waals surface area contributed by atoms with Crippen LogP contribution in [0.1, 0.15) is 52.4 Å². The Labute approximate surface area is 143 Å². The number of esters is 2. The number of hydrogen-bond donors (Lipinski definition) is 0. The molecule has 0 aromatic carbocycles. The molecule has 0 aliphatic carbocycles. The summed E-state index contributed by atoms with van der Waals surface area (Å²) in [4.78, 5) is 23.6. The number of carbonyl (C=O) groups excluding carboxylic acids is 2. The second-order valence-electron chi connectivity index (χ2n) is 5.04. The molecule has 0 aromatic heterocycles. The van der Waals surface area contributed by atoms with Crippen LogP contribution in [0.15, 0.2) is 0 Å². The van der Waals surface area contributed by atoms with E-state index in [9.17, 15) is 9.59 Å². The van der Waals surface area contributed by atoms with Gasteiger partial charge in [-0.25, -0.2) is 0 Å². The smallest absolute Gasteiger partial charge is 0.328 e. The molecule has 0 saturated carbocycles. The first kappa shape index (κ1) is 22.8. The maximum atomic E-state index is 11.8. The van der Waals surface area contributed by atoms with E-state index in [0.717, 1.165) is 0 Å². The molecule has 0 bridgehead atoms. The van der Waals surface area contributed by atoms with Gasteiger partial charge in [0.15, 0.2) is 0 Å². The molecule has 0 heterocycles. The van der Waals surface area contributed by atoms with Crippen molar-refractivity contribution in [2.24, 2.45) is 0 Å². The minimum absolute atomic E-state index is 0.148. The third-order valence-electron chi connectivity index (χ3n) is 3.66. The minimum atomic E-state index is -1.35. The number of carbonyl (C=O) groups is 2. The highest BCUT2D eigenvalue weighted by molar-refractivity contribution is 5.71. The van der Waals surface area contributed by atoms with Crippen LogP contribution in [0.5, 0.6) is 0 Å². The highest BCUT2D eigenvalue weighted by Crippen LogP contribution is 2.21. The van der Waals surface area contributed by atoms with E-state index in [0.29, 0.717) is 25.7 Å². The highest BCUT2D eigenvalue weighted by Gasteiger charge is 2.33. The lowest BCUT2D eigenvalue weighted by atomic mass is 10.2. The summed E-state index contributed by atoms with van der Waals surface area (Å²) in [6.07, 6.45) is 1.97. The molecule has 142 valence electrons. The Hall–Kier alpha value is -1.22. The number of unbranched alkanes of at least 4 members (excludes halogenated alkanes) is 1. The van der Waals surface area contributed by atoms with Gasteiger partial charge in [0, 0.05) is 54.1 Å². The van der Waals surface area contributed by atoms with Crippen LogP contribution in [0, 0.1) is 0 Å². The van der Waals surface area contributed by atoms with Gasteiger partial charge >= 0.3 is 23.9 Å². The fraction of sp³-hybridized carbons (Fsp3) is 0.875. The summed E-state index contributed by atoms with van der Waals surface area (Å²) in [5, 5.41) is 0. The van der Waals surface area contributed by atoms with Crippen LogP contribution in [-0.2, 0) is 38.0 Å². The van der Waals surface area contributed by atoms with Gasteiger partial charge < -0.3 is 28.4 Å². The van der Waals surface area contributed by atoms with E-state index < -0.39 is 23.9 Å². The van der Waals surface area contributed by atoms with Gasteiger partial charge in [-0.1, -0.05) is 13.8 Å². The lowest BCUT2D eigenvalue weighted by molar-refractivity contribution is -0.346. The van der Waals surface area contributed by atoms with Gasteiger partial charge in [0.2, 0.25) is 0 Å². The van der Waals surface area contributed by atoms with E-state index in [1.54, 1.807) is 13.8 Å². The summed E-state index contributed by atoms with van der Waals surface area (Å²) >= 11 is 0. The predicted octanol–water partition coefficient (Wildman–Crippen LogP) is 2.35. The molecule has 0 amide bonds. The molecular weight excluding hydrogens is 320 g/mol. The molecule has 0 rings (SSSR count). The van der Waals surface area contributed by atoms with E-state index in [1.165, 1.54) is 28.4 Å². The molecular formula is C16H30O8. The average molecular weight is 350 g/mol. The van der Waals surface area contributed by atoms with Gasteiger partial charge in [-0.15, -0.1) is 0 Å². The molecule has 8 heteroatoms. The molecule has 0 fully saturated rings. The van der Waals surface area contributed by atoms with Crippen LogP contribution < -0.4 is 0 Å². The molecule has 0 unspecified atom stereocenters. The molecule has 0 aliphatic heterocycles. The van der Waals surface area contributed by atoms with Crippen molar-refractivity contribution in [1.82, 2.24) is 0 Å². The van der Waals surface area contributed by atoms with Crippen LogP contribution in [0.4, 0.5) is 0 Å². The molecule has 0 radical (unpaired) electrons. The first-order valence-corrected chi connectivity index (χ1v) is 8.00. The lowest BCUT2D eigenvalue weighted by Crippen LogP contribution is -2.38. The molecule has 8 nitrogen and oxygen atoms in total. The number of hydrogen-bond acceptors (Lipinski definition) is 8. The van der Waals surface area contributed by atoms with E-state index in [1.807, 2.05) is 0 Å². The fourth-order valence-electron chi connectivity index (χ4n) is 2.04. The highest BCUT2D eigenvalue weighted by atomic mass is 16.9. The summed E-state index contributed by atoms with van der Waals surface area (Å²) in [5.74, 6) is -3.61. The summed E-state index contributed by atoms with van der Waals surface area (Å²) in [5.41, 5.74) is 0. The minimum Gasteiger partial charge on any atom is -0.408 e. The number of rotatable bonds is 13. The lowest BCUT2D eigenvalue weighted by Gasteiger charge is -2.28. The standard InChI is InChI=1S/C16H30O8/c1-7-15(19-3,20-4)23-13(17)11-9-10-12-14(18)24-16(8-2,21-5)22-6/h7-12H2,1-6H3. The second kappa shape index (κ2) is 11.4. The molecule has 0 spiro atoms. The molecule has 0 N–H and O–H groups in total. The summed E-state index contributed by atoms with van der Waals surface area (Å²) in [7, 11) is 5.62. The van der Waals surface area contributed by atoms with Crippen molar-refractivity contribution in [3.63, 3.8) is 0 Å². The fourth-order valence-corrected chi connectivity index (χ4v) is 2.04. The van der Waals surface area contributed by atoms with Crippen LogP contribution in [0.2, 0.25) is 0 Å². The second-order valence-corrected chi connectivity index (χ2v) is 5.04. The van der Waals surface area contributed by atoms with Crippen molar-refractivity contribution in [2.45, 2.75) is 64.3 Å². The first-order chi connectivity index (χ1) is 11.4. The predicted molar refractivity (Wildman–Crippen MR) is 84.7 cm³/mol. The van der Waals surface area contributed by atoms with Crippen molar-refractivity contribution in [3.8, 4) is 0 Å². The van der Waals surface area contributed by atoms with Gasteiger partial charge in [0.05, 0.1) is 0 Å². The van der Waals surface area contributed by atoms with Crippen molar-refractivity contribution in [3.05, 3.63) is 0 Å². The Morgan fingerprint density at radius 3 is 1.17 bits per heavy atom. The monoisotopic (exact) mass is 350 g/mol. The Morgan fingerprint density at radius 2 is 0.958 bits per heavy atom. The third-order valence-corrected chi connectivity index (χ3v) is 3.66. The van der Waals surface area contributed by atoms with E-state index >= 15 is 0 Å². The van der Waals surface area contributed by atoms with Crippen molar-refractivity contribution < 1.29 is 38.0 Å². The van der Waals surface area contributed by atoms with Crippen molar-refractivity contribution in [2.75, 3.05) is 28.4 Å². The zero-order valence-electron chi connectivity index (χ0n) is 15.5. The van der Waals surface area contributed by atoms with Crippen LogP contribution in [0.3, 0.4) is 0 Å². The average Bonchev–Trinajstić information content (AvgIpc) is 2.61. The molecule has 0 aromatic rings. The molecule has 0 saturated heterocycles. The first-order valence-electron chi connectivity index (χ1n) is 8.00.